The van der Waals surface area contributed by atoms with Crippen LogP contribution in [0.2, 0.25) is 0 Å². The number of hydrogen-bond acceptors (Lipinski definition) is 7. The van der Waals surface area contributed by atoms with Gasteiger partial charge in [0.15, 0.2) is 0 Å². The van der Waals surface area contributed by atoms with Crippen molar-refractivity contribution in [3.8, 4) is 11.5 Å². The predicted octanol–water partition coefficient (Wildman–Crippen LogP) is 1.52. The van der Waals surface area contributed by atoms with Gasteiger partial charge in [-0.2, -0.15) is 4.31 Å². The Kier molecular flexibility index (Phi) is 4.28. The van der Waals surface area contributed by atoms with Crippen LogP contribution in [0.5, 0.6) is 0 Å². The first-order chi connectivity index (χ1) is 14.0. The van der Waals surface area contributed by atoms with E-state index in [-0.39, 0.29) is 4.90 Å². The van der Waals surface area contributed by atoms with E-state index < -0.39 is 15.6 Å². The van der Waals surface area contributed by atoms with E-state index >= 15 is 0 Å². The molecular weight excluding hydrogens is 392 g/mol. The number of nitrogens with zero attached hydrogens (tertiary/aromatic N) is 3. The van der Waals surface area contributed by atoms with E-state index in [1.807, 2.05) is 24.3 Å². The molecule has 8 nitrogen and oxygen atoms in total. The number of ether oxygens (including phenoxy) is 1. The number of benzene rings is 2. The van der Waals surface area contributed by atoms with Gasteiger partial charge < -0.3 is 14.9 Å². The third-order valence-electron chi connectivity index (χ3n) is 5.48. The van der Waals surface area contributed by atoms with Crippen LogP contribution in [0.15, 0.2) is 57.8 Å². The number of rotatable bonds is 4. The van der Waals surface area contributed by atoms with Crippen LogP contribution in [0.3, 0.4) is 0 Å². The highest BCUT2D eigenvalue weighted by Crippen LogP contribution is 2.41. The van der Waals surface area contributed by atoms with Gasteiger partial charge in [-0.15, -0.1) is 10.2 Å². The molecular formula is C20H20N4O4S. The average Bonchev–Trinajstić information content (AvgIpc) is 3.24. The van der Waals surface area contributed by atoms with Gasteiger partial charge in [-0.25, -0.2) is 8.42 Å². The summed E-state index contributed by atoms with van der Waals surface area (Å²) in [5, 5.41) is 8.26. The van der Waals surface area contributed by atoms with Gasteiger partial charge in [0.1, 0.15) is 5.54 Å². The lowest BCUT2D eigenvalue weighted by Gasteiger charge is -2.37. The largest absolute Gasteiger partial charge is 0.418 e. The number of sulfonamides is 1. The Balaban J connectivity index is 1.39. The zero-order valence-corrected chi connectivity index (χ0v) is 16.4. The molecule has 29 heavy (non-hydrogen) atoms. The molecule has 1 aromatic heterocycles. The molecule has 2 heterocycles. The first-order valence-corrected chi connectivity index (χ1v) is 10.8. The Morgan fingerprint density at radius 2 is 1.72 bits per heavy atom. The van der Waals surface area contributed by atoms with Crippen LogP contribution >= 0.6 is 0 Å². The number of fused-ring (bicyclic) bond motifs is 1. The summed E-state index contributed by atoms with van der Waals surface area (Å²) in [6.45, 7) is 1.53. The minimum atomic E-state index is -3.54. The fourth-order valence-corrected chi connectivity index (χ4v) is 5.22. The summed E-state index contributed by atoms with van der Waals surface area (Å²) in [5.74, 6) is 0.667. The molecule has 9 heteroatoms. The maximum Gasteiger partial charge on any atom is 0.247 e. The molecule has 5 rings (SSSR count). The highest BCUT2D eigenvalue weighted by molar-refractivity contribution is 7.89. The zero-order valence-electron chi connectivity index (χ0n) is 15.6. The molecule has 2 aromatic carbocycles. The molecule has 1 aliphatic heterocycles. The number of nitrogens with two attached hydrogens (primary N) is 1. The van der Waals surface area contributed by atoms with Crippen molar-refractivity contribution in [1.29, 1.82) is 0 Å². The lowest BCUT2D eigenvalue weighted by molar-refractivity contribution is 0.0730. The fourth-order valence-electron chi connectivity index (χ4n) is 3.82. The van der Waals surface area contributed by atoms with Crippen LogP contribution in [0.1, 0.15) is 17.0 Å². The van der Waals surface area contributed by atoms with Crippen molar-refractivity contribution < 1.29 is 17.6 Å². The van der Waals surface area contributed by atoms with Gasteiger partial charge in [-0.05, 0) is 35.4 Å². The van der Waals surface area contributed by atoms with Gasteiger partial charge in [0.25, 0.3) is 0 Å². The van der Waals surface area contributed by atoms with Gasteiger partial charge in [0, 0.05) is 25.1 Å². The Bertz CT molecular complexity index is 1150. The van der Waals surface area contributed by atoms with Crippen molar-refractivity contribution in [2.75, 3.05) is 26.3 Å². The fraction of sp³-hybridized carbons (Fsp3) is 0.300. The molecule has 0 spiro atoms. The van der Waals surface area contributed by atoms with Crippen molar-refractivity contribution in [2.45, 2.75) is 16.9 Å². The average molecular weight is 412 g/mol. The summed E-state index contributed by atoms with van der Waals surface area (Å²) >= 11 is 0. The van der Waals surface area contributed by atoms with E-state index in [9.17, 15) is 8.42 Å². The molecule has 0 saturated carbocycles. The topological polar surface area (TPSA) is 112 Å². The Labute approximate surface area is 168 Å². The van der Waals surface area contributed by atoms with Gasteiger partial charge in [0.05, 0.1) is 18.1 Å². The molecule has 1 saturated heterocycles. The molecule has 1 atom stereocenters. The Morgan fingerprint density at radius 3 is 2.45 bits per heavy atom. The molecule has 150 valence electrons. The molecule has 2 aliphatic rings. The molecule has 3 aromatic rings. The second kappa shape index (κ2) is 6.74. The third-order valence-corrected chi connectivity index (χ3v) is 7.40. The summed E-state index contributed by atoms with van der Waals surface area (Å²) in [6.07, 6.45) is 0.640. The van der Waals surface area contributed by atoms with E-state index in [2.05, 4.69) is 10.2 Å². The second-order valence-electron chi connectivity index (χ2n) is 7.26. The quantitative estimate of drug-likeness (QED) is 0.691. The number of morpholine rings is 1. The van der Waals surface area contributed by atoms with Crippen LogP contribution < -0.4 is 5.73 Å². The highest BCUT2D eigenvalue weighted by Gasteiger charge is 2.45. The number of aromatic nitrogens is 2. The molecule has 1 aliphatic carbocycles. The third kappa shape index (κ3) is 2.98. The van der Waals surface area contributed by atoms with Crippen molar-refractivity contribution in [3.05, 3.63) is 65.5 Å². The maximum atomic E-state index is 12.7. The SMILES string of the molecule is N[C@@]1(c2nnc(-c3ccc(S(=O)(=O)N4CCOCC4)cc3)o2)Cc2ccccc21. The monoisotopic (exact) mass is 412 g/mol. The second-order valence-corrected chi connectivity index (χ2v) is 9.20. The molecule has 0 bridgehead atoms. The van der Waals surface area contributed by atoms with Crippen molar-refractivity contribution in [3.63, 3.8) is 0 Å². The van der Waals surface area contributed by atoms with E-state index in [0.717, 1.165) is 5.56 Å². The lowest BCUT2D eigenvalue weighted by Crippen LogP contribution is -2.48. The molecule has 1 fully saturated rings. The summed E-state index contributed by atoms with van der Waals surface area (Å²) in [5.41, 5.74) is 8.52. The smallest absolute Gasteiger partial charge is 0.247 e. The molecule has 0 amide bonds. The Morgan fingerprint density at radius 1 is 1.00 bits per heavy atom. The van der Waals surface area contributed by atoms with E-state index in [0.29, 0.717) is 50.1 Å². The minimum Gasteiger partial charge on any atom is -0.418 e. The van der Waals surface area contributed by atoms with Crippen LogP contribution in [-0.4, -0.2) is 49.2 Å². The van der Waals surface area contributed by atoms with Gasteiger partial charge in [-0.1, -0.05) is 24.3 Å². The summed E-state index contributed by atoms with van der Waals surface area (Å²) in [7, 11) is -3.54. The molecule has 0 radical (unpaired) electrons. The van der Waals surface area contributed by atoms with Crippen molar-refractivity contribution in [1.82, 2.24) is 14.5 Å². The van der Waals surface area contributed by atoms with Crippen LogP contribution in [-0.2, 0) is 26.7 Å². The molecule has 0 unspecified atom stereocenters. The highest BCUT2D eigenvalue weighted by atomic mass is 32.2. The van der Waals surface area contributed by atoms with Gasteiger partial charge in [0.2, 0.25) is 21.8 Å². The predicted molar refractivity (Wildman–Crippen MR) is 104 cm³/mol. The van der Waals surface area contributed by atoms with Crippen molar-refractivity contribution in [2.24, 2.45) is 5.73 Å². The van der Waals surface area contributed by atoms with Gasteiger partial charge >= 0.3 is 0 Å². The normalized spacial score (nSPS) is 22.1. The standard InChI is InChI=1S/C20H20N4O4S/c21-20(13-15-3-1-2-4-17(15)20)19-23-22-18(28-19)14-5-7-16(8-6-14)29(25,26)24-9-11-27-12-10-24/h1-8H,9-13,21H2/t20-/m0/s1. The Hall–Kier alpha value is -2.59. The summed E-state index contributed by atoms with van der Waals surface area (Å²) in [4.78, 5) is 0.228. The lowest BCUT2D eigenvalue weighted by atomic mass is 9.71. The number of hydrogen-bond donors (Lipinski definition) is 1. The first kappa shape index (κ1) is 18.4. The first-order valence-electron chi connectivity index (χ1n) is 9.38. The van der Waals surface area contributed by atoms with Gasteiger partial charge in [-0.3, -0.25) is 0 Å². The minimum absolute atomic E-state index is 0.228. The van der Waals surface area contributed by atoms with E-state index in [1.165, 1.54) is 9.87 Å². The molecule has 2 N–H and O–H groups in total. The van der Waals surface area contributed by atoms with Crippen LogP contribution in [0.25, 0.3) is 11.5 Å². The van der Waals surface area contributed by atoms with E-state index in [1.54, 1.807) is 24.3 Å². The van der Waals surface area contributed by atoms with E-state index in [4.69, 9.17) is 14.9 Å². The summed E-state index contributed by atoms with van der Waals surface area (Å²) < 4.78 is 38.0. The van der Waals surface area contributed by atoms with Crippen molar-refractivity contribution >= 4 is 10.0 Å². The van der Waals surface area contributed by atoms with Crippen LogP contribution in [0.4, 0.5) is 0 Å². The maximum absolute atomic E-state index is 12.7. The van der Waals surface area contributed by atoms with Crippen LogP contribution in [0, 0.1) is 0 Å². The summed E-state index contributed by atoms with van der Waals surface area (Å²) in [6, 6.07) is 14.4. The zero-order chi connectivity index (χ0) is 20.1.